The highest BCUT2D eigenvalue weighted by Gasteiger charge is 2.37. The summed E-state index contributed by atoms with van der Waals surface area (Å²) in [4.78, 5) is 0.556. The van der Waals surface area contributed by atoms with E-state index in [-0.39, 0.29) is 15.7 Å². The quantitative estimate of drug-likeness (QED) is 0.879. The third-order valence-corrected chi connectivity index (χ3v) is 5.54. The standard InChI is InChI=1S/C10H17F3N4O2S2/c1-6(2)17(5-10(11,12)13)9-7(8(14)15-20-9)21(18,19)16(3)4/h6H,5H2,1-4H3,(H2,14,15). The molecule has 0 spiro atoms. The van der Waals surface area contributed by atoms with Crippen molar-refractivity contribution in [3.05, 3.63) is 0 Å². The third-order valence-electron chi connectivity index (χ3n) is 2.63. The molecule has 0 aromatic carbocycles. The Morgan fingerprint density at radius 3 is 2.24 bits per heavy atom. The van der Waals surface area contributed by atoms with Gasteiger partial charge in [0.2, 0.25) is 10.0 Å². The average molecular weight is 346 g/mol. The fourth-order valence-electron chi connectivity index (χ4n) is 1.57. The zero-order chi connectivity index (χ0) is 16.6. The van der Waals surface area contributed by atoms with Gasteiger partial charge in [-0.2, -0.15) is 17.5 Å². The number of sulfonamides is 1. The molecule has 0 aliphatic carbocycles. The molecule has 0 fully saturated rings. The zero-order valence-electron chi connectivity index (χ0n) is 12.0. The second-order valence-corrected chi connectivity index (χ2v) is 7.67. The van der Waals surface area contributed by atoms with Crippen LogP contribution in [0.4, 0.5) is 24.0 Å². The molecule has 6 nitrogen and oxygen atoms in total. The van der Waals surface area contributed by atoms with E-state index in [0.29, 0.717) is 11.5 Å². The van der Waals surface area contributed by atoms with Gasteiger partial charge in [-0.25, -0.2) is 12.7 Å². The summed E-state index contributed by atoms with van der Waals surface area (Å²) >= 11 is 0.643. The highest BCUT2D eigenvalue weighted by Crippen LogP contribution is 2.38. The van der Waals surface area contributed by atoms with Crippen LogP contribution in [0.3, 0.4) is 0 Å². The maximum atomic E-state index is 12.7. The van der Waals surface area contributed by atoms with E-state index >= 15 is 0 Å². The number of anilines is 2. The summed E-state index contributed by atoms with van der Waals surface area (Å²) in [5, 5.41) is -0.103. The maximum absolute atomic E-state index is 12.7. The first kappa shape index (κ1) is 18.0. The molecule has 0 aliphatic rings. The normalized spacial score (nSPS) is 13.2. The molecule has 0 atom stereocenters. The second-order valence-electron chi connectivity index (χ2n) is 4.83. The Morgan fingerprint density at radius 2 is 1.86 bits per heavy atom. The number of hydrogen-bond acceptors (Lipinski definition) is 6. The lowest BCUT2D eigenvalue weighted by Gasteiger charge is -2.29. The molecule has 122 valence electrons. The Hall–Kier alpha value is -1.07. The van der Waals surface area contributed by atoms with Gasteiger partial charge < -0.3 is 10.6 Å². The van der Waals surface area contributed by atoms with Crippen LogP contribution in [0.25, 0.3) is 0 Å². The molecular formula is C10H17F3N4O2S2. The number of nitrogens with zero attached hydrogens (tertiary/aromatic N) is 3. The number of aromatic nitrogens is 1. The van der Waals surface area contributed by atoms with Gasteiger partial charge in [0.05, 0.1) is 0 Å². The van der Waals surface area contributed by atoms with Gasteiger partial charge in [-0.15, -0.1) is 0 Å². The topological polar surface area (TPSA) is 79.5 Å². The number of nitrogen functional groups attached to an aromatic ring is 1. The fraction of sp³-hybridized carbons (Fsp3) is 0.700. The molecule has 1 aromatic rings. The molecule has 21 heavy (non-hydrogen) atoms. The number of alkyl halides is 3. The van der Waals surface area contributed by atoms with Crippen LogP contribution >= 0.6 is 11.5 Å². The van der Waals surface area contributed by atoms with Crippen molar-refractivity contribution in [3.8, 4) is 0 Å². The van der Waals surface area contributed by atoms with Gasteiger partial charge in [-0.1, -0.05) is 0 Å². The lowest BCUT2D eigenvalue weighted by Crippen LogP contribution is -2.39. The summed E-state index contributed by atoms with van der Waals surface area (Å²) in [6.45, 7) is 1.80. The Balaban J connectivity index is 3.43. The molecule has 0 amide bonds. The fourth-order valence-corrected chi connectivity index (χ4v) is 3.92. The van der Waals surface area contributed by atoms with Crippen LogP contribution in [0.15, 0.2) is 4.90 Å². The van der Waals surface area contributed by atoms with E-state index in [1.807, 2.05) is 0 Å². The van der Waals surface area contributed by atoms with E-state index in [1.165, 1.54) is 27.9 Å². The van der Waals surface area contributed by atoms with Gasteiger partial charge in [0.15, 0.2) is 10.7 Å². The summed E-state index contributed by atoms with van der Waals surface area (Å²) in [5.74, 6) is -0.295. The van der Waals surface area contributed by atoms with Gasteiger partial charge in [0.1, 0.15) is 11.5 Å². The smallest absolute Gasteiger partial charge is 0.382 e. The molecule has 11 heteroatoms. The van der Waals surface area contributed by atoms with E-state index in [4.69, 9.17) is 5.73 Å². The van der Waals surface area contributed by atoms with Gasteiger partial charge in [-0.05, 0) is 25.4 Å². The van der Waals surface area contributed by atoms with E-state index in [0.717, 1.165) is 9.21 Å². The molecule has 0 aliphatic heterocycles. The van der Waals surface area contributed by atoms with Gasteiger partial charge in [0, 0.05) is 20.1 Å². The predicted molar refractivity (Wildman–Crippen MR) is 75.9 cm³/mol. The maximum Gasteiger partial charge on any atom is 0.405 e. The van der Waals surface area contributed by atoms with Gasteiger partial charge in [-0.3, -0.25) is 0 Å². The highest BCUT2D eigenvalue weighted by molar-refractivity contribution is 7.89. The Morgan fingerprint density at radius 1 is 1.33 bits per heavy atom. The number of nitrogens with two attached hydrogens (primary N) is 1. The molecule has 1 rings (SSSR count). The lowest BCUT2D eigenvalue weighted by atomic mass is 10.3. The lowest BCUT2D eigenvalue weighted by molar-refractivity contribution is -0.120. The van der Waals surface area contributed by atoms with Crippen LogP contribution in [0.1, 0.15) is 13.8 Å². The summed E-state index contributed by atoms with van der Waals surface area (Å²) in [7, 11) is -1.43. The summed E-state index contributed by atoms with van der Waals surface area (Å²) in [6.07, 6.45) is -4.47. The van der Waals surface area contributed by atoms with Crippen molar-refractivity contribution in [1.82, 2.24) is 8.68 Å². The summed E-state index contributed by atoms with van der Waals surface area (Å²) < 4.78 is 67.1. The first-order valence-electron chi connectivity index (χ1n) is 5.89. The monoisotopic (exact) mass is 346 g/mol. The van der Waals surface area contributed by atoms with Gasteiger partial charge in [0.25, 0.3) is 0 Å². The van der Waals surface area contributed by atoms with Gasteiger partial charge >= 0.3 is 6.18 Å². The van der Waals surface area contributed by atoms with Crippen molar-refractivity contribution >= 4 is 32.4 Å². The molecule has 0 bridgehead atoms. The Kier molecular flexibility index (Phi) is 5.11. The largest absolute Gasteiger partial charge is 0.405 e. The number of hydrogen-bond donors (Lipinski definition) is 1. The third kappa shape index (κ3) is 3.98. The Bertz CT molecular complexity index is 596. The minimum Gasteiger partial charge on any atom is -0.382 e. The molecule has 2 N–H and O–H groups in total. The molecule has 0 radical (unpaired) electrons. The van der Waals surface area contributed by atoms with Crippen molar-refractivity contribution < 1.29 is 21.6 Å². The first-order valence-corrected chi connectivity index (χ1v) is 8.10. The van der Waals surface area contributed by atoms with Crippen LogP contribution in [-0.2, 0) is 10.0 Å². The van der Waals surface area contributed by atoms with Crippen molar-refractivity contribution in [2.75, 3.05) is 31.3 Å². The van der Waals surface area contributed by atoms with Crippen LogP contribution in [0.2, 0.25) is 0 Å². The highest BCUT2D eigenvalue weighted by atomic mass is 32.2. The van der Waals surface area contributed by atoms with E-state index in [9.17, 15) is 21.6 Å². The number of halogens is 3. The minimum atomic E-state index is -4.47. The molecule has 1 heterocycles. The minimum absolute atomic E-state index is 0.103. The Labute approximate surface area is 125 Å². The summed E-state index contributed by atoms with van der Waals surface area (Å²) in [5.41, 5.74) is 5.55. The molecule has 0 unspecified atom stereocenters. The van der Waals surface area contributed by atoms with Crippen molar-refractivity contribution in [2.24, 2.45) is 0 Å². The van der Waals surface area contributed by atoms with E-state index < -0.39 is 28.8 Å². The second kappa shape index (κ2) is 5.97. The van der Waals surface area contributed by atoms with E-state index in [1.54, 1.807) is 0 Å². The summed E-state index contributed by atoms with van der Waals surface area (Å²) in [6, 6.07) is -0.567. The van der Waals surface area contributed by atoms with Crippen molar-refractivity contribution in [2.45, 2.75) is 31.0 Å². The molecule has 0 saturated heterocycles. The van der Waals surface area contributed by atoms with Crippen molar-refractivity contribution in [1.29, 1.82) is 0 Å². The van der Waals surface area contributed by atoms with Crippen LogP contribution in [-0.4, -0.2) is 50.0 Å². The molecule has 0 saturated carbocycles. The van der Waals surface area contributed by atoms with Crippen LogP contribution < -0.4 is 10.6 Å². The average Bonchev–Trinajstić information content (AvgIpc) is 2.66. The van der Waals surface area contributed by atoms with Crippen molar-refractivity contribution in [3.63, 3.8) is 0 Å². The van der Waals surface area contributed by atoms with E-state index in [2.05, 4.69) is 4.37 Å². The van der Waals surface area contributed by atoms with Crippen LogP contribution in [0, 0.1) is 0 Å². The molecule has 1 aromatic heterocycles. The first-order chi connectivity index (χ1) is 9.38. The SMILES string of the molecule is CC(C)N(CC(F)(F)F)c1snc(N)c1S(=O)(=O)N(C)C. The van der Waals surface area contributed by atoms with Crippen LogP contribution in [0.5, 0.6) is 0 Å². The predicted octanol–water partition coefficient (Wildman–Crippen LogP) is 1.75. The molecular weight excluding hydrogens is 329 g/mol. The zero-order valence-corrected chi connectivity index (χ0v) is 13.6. The number of rotatable bonds is 5.